The summed E-state index contributed by atoms with van der Waals surface area (Å²) in [5, 5.41) is 4.07. The van der Waals surface area contributed by atoms with Gasteiger partial charge in [-0.3, -0.25) is 4.90 Å². The van der Waals surface area contributed by atoms with Gasteiger partial charge in [0.2, 0.25) is 0 Å². The van der Waals surface area contributed by atoms with E-state index >= 15 is 0 Å². The van der Waals surface area contributed by atoms with Crippen LogP contribution in [0.25, 0.3) is 0 Å². The fourth-order valence-corrected chi connectivity index (χ4v) is 5.38. The van der Waals surface area contributed by atoms with Gasteiger partial charge in [-0.05, 0) is 49.5 Å². The van der Waals surface area contributed by atoms with Crippen molar-refractivity contribution in [1.82, 2.24) is 10.2 Å². The summed E-state index contributed by atoms with van der Waals surface area (Å²) in [6.45, 7) is 6.06. The predicted octanol–water partition coefficient (Wildman–Crippen LogP) is 4.35. The zero-order valence-electron chi connectivity index (χ0n) is 14.8. The van der Waals surface area contributed by atoms with Crippen molar-refractivity contribution in [2.75, 3.05) is 0 Å². The van der Waals surface area contributed by atoms with Crippen molar-refractivity contribution in [3.8, 4) is 0 Å². The first-order valence-corrected chi connectivity index (χ1v) is 9.67. The van der Waals surface area contributed by atoms with Crippen molar-refractivity contribution in [1.29, 1.82) is 0 Å². The van der Waals surface area contributed by atoms with Crippen molar-refractivity contribution < 1.29 is 0 Å². The zero-order valence-corrected chi connectivity index (χ0v) is 14.8. The van der Waals surface area contributed by atoms with Gasteiger partial charge >= 0.3 is 0 Å². The minimum Gasteiger partial charge on any atom is -0.311 e. The van der Waals surface area contributed by atoms with Gasteiger partial charge in [-0.2, -0.15) is 0 Å². The van der Waals surface area contributed by atoms with Gasteiger partial charge in [0.15, 0.2) is 0 Å². The monoisotopic (exact) mass is 312 g/mol. The molecule has 126 valence electrons. The lowest BCUT2D eigenvalue weighted by Gasteiger charge is -2.42. The summed E-state index contributed by atoms with van der Waals surface area (Å²) in [5.41, 5.74) is 1.98. The van der Waals surface area contributed by atoms with Crippen LogP contribution in [0.2, 0.25) is 0 Å². The molecule has 2 nitrogen and oxygen atoms in total. The summed E-state index contributed by atoms with van der Waals surface area (Å²) >= 11 is 0. The van der Waals surface area contributed by atoms with E-state index in [1.807, 2.05) is 0 Å². The lowest BCUT2D eigenvalue weighted by molar-refractivity contribution is 0.0979. The van der Waals surface area contributed by atoms with Crippen LogP contribution in [-0.4, -0.2) is 29.1 Å². The Labute approximate surface area is 141 Å². The highest BCUT2D eigenvalue weighted by Gasteiger charge is 2.43. The van der Waals surface area contributed by atoms with Gasteiger partial charge in [-0.1, -0.05) is 50.6 Å². The van der Waals surface area contributed by atoms with E-state index in [1.165, 1.54) is 50.5 Å². The van der Waals surface area contributed by atoms with Crippen LogP contribution in [0.15, 0.2) is 30.3 Å². The second kappa shape index (κ2) is 6.22. The molecule has 1 aliphatic carbocycles. The number of nitrogens with zero attached hydrogens (tertiary/aromatic N) is 1. The Kier molecular flexibility index (Phi) is 4.23. The molecule has 1 aromatic rings. The molecule has 2 heterocycles. The average Bonchev–Trinajstić information content (AvgIpc) is 2.97. The maximum Gasteiger partial charge on any atom is 0.0239 e. The zero-order chi connectivity index (χ0) is 15.9. The molecule has 2 unspecified atom stereocenters. The molecule has 2 bridgehead atoms. The van der Waals surface area contributed by atoms with Gasteiger partial charge < -0.3 is 5.32 Å². The number of hydrogen-bond donors (Lipinski definition) is 1. The molecule has 23 heavy (non-hydrogen) atoms. The van der Waals surface area contributed by atoms with E-state index < -0.39 is 0 Å². The molecule has 0 radical (unpaired) electrons. The van der Waals surface area contributed by atoms with Crippen molar-refractivity contribution in [2.45, 2.75) is 89.5 Å². The van der Waals surface area contributed by atoms with Gasteiger partial charge in [0, 0.05) is 30.7 Å². The number of hydrogen-bond acceptors (Lipinski definition) is 2. The van der Waals surface area contributed by atoms with Gasteiger partial charge in [0.25, 0.3) is 0 Å². The van der Waals surface area contributed by atoms with Gasteiger partial charge in [0.05, 0.1) is 0 Å². The van der Waals surface area contributed by atoms with Crippen LogP contribution in [0.4, 0.5) is 0 Å². The van der Waals surface area contributed by atoms with E-state index in [2.05, 4.69) is 54.4 Å². The summed E-state index contributed by atoms with van der Waals surface area (Å²) in [6, 6.07) is 14.1. The van der Waals surface area contributed by atoms with Crippen LogP contribution in [0.5, 0.6) is 0 Å². The fraction of sp³-hybridized carbons (Fsp3) is 0.714. The van der Waals surface area contributed by atoms with Crippen molar-refractivity contribution in [3.05, 3.63) is 35.9 Å². The minimum absolute atomic E-state index is 0.500. The second-order valence-corrected chi connectivity index (χ2v) is 8.81. The van der Waals surface area contributed by atoms with Crippen molar-refractivity contribution in [3.63, 3.8) is 0 Å². The van der Waals surface area contributed by atoms with E-state index in [4.69, 9.17) is 0 Å². The Morgan fingerprint density at radius 3 is 2.35 bits per heavy atom. The largest absolute Gasteiger partial charge is 0.311 e. The third-order valence-corrected chi connectivity index (χ3v) is 6.79. The van der Waals surface area contributed by atoms with E-state index in [0.29, 0.717) is 5.41 Å². The third kappa shape index (κ3) is 3.21. The molecule has 0 aromatic heterocycles. The lowest BCUT2D eigenvalue weighted by atomic mass is 9.85. The van der Waals surface area contributed by atoms with Crippen LogP contribution in [-0.2, 0) is 6.54 Å². The summed E-state index contributed by atoms with van der Waals surface area (Å²) < 4.78 is 0. The summed E-state index contributed by atoms with van der Waals surface area (Å²) in [4.78, 5) is 2.80. The highest BCUT2D eigenvalue weighted by Crippen LogP contribution is 2.41. The molecule has 0 spiro atoms. The van der Waals surface area contributed by atoms with E-state index in [9.17, 15) is 0 Å². The van der Waals surface area contributed by atoms with Crippen molar-refractivity contribution in [2.24, 2.45) is 5.41 Å². The summed E-state index contributed by atoms with van der Waals surface area (Å²) in [5.74, 6) is 0. The summed E-state index contributed by atoms with van der Waals surface area (Å²) in [7, 11) is 0. The smallest absolute Gasteiger partial charge is 0.0239 e. The molecule has 4 atom stereocenters. The number of nitrogens with one attached hydrogen (secondary N) is 1. The van der Waals surface area contributed by atoms with Gasteiger partial charge in [-0.15, -0.1) is 0 Å². The van der Waals surface area contributed by atoms with Crippen LogP contribution in [0.1, 0.15) is 64.4 Å². The highest BCUT2D eigenvalue weighted by molar-refractivity contribution is 5.15. The Hall–Kier alpha value is -0.860. The van der Waals surface area contributed by atoms with Gasteiger partial charge in [0.1, 0.15) is 0 Å². The molecule has 3 aliphatic rings. The topological polar surface area (TPSA) is 15.3 Å². The SMILES string of the molecule is CC1(C)CCCC1NC1C[C@H]2CC[C@@H](C1)N2Cc1ccccc1. The first-order valence-electron chi connectivity index (χ1n) is 9.67. The minimum atomic E-state index is 0.500. The van der Waals surface area contributed by atoms with E-state index in [-0.39, 0.29) is 0 Å². The van der Waals surface area contributed by atoms with Gasteiger partial charge in [-0.25, -0.2) is 0 Å². The molecule has 2 aliphatic heterocycles. The Morgan fingerprint density at radius 2 is 1.74 bits per heavy atom. The first kappa shape index (κ1) is 15.7. The standard InChI is InChI=1S/C21H32N2/c1-21(2)12-6-9-20(21)22-17-13-18-10-11-19(14-17)23(18)15-16-7-4-3-5-8-16/h3-5,7-8,17-20,22H,6,9-15H2,1-2H3/t17?,18-,19+,20?. The normalized spacial score (nSPS) is 36.4. The maximum absolute atomic E-state index is 4.07. The first-order chi connectivity index (χ1) is 11.1. The molecular formula is C21H32N2. The fourth-order valence-electron chi connectivity index (χ4n) is 5.38. The quantitative estimate of drug-likeness (QED) is 0.889. The Balaban J connectivity index is 1.38. The van der Waals surface area contributed by atoms with E-state index in [1.54, 1.807) is 0 Å². The Morgan fingerprint density at radius 1 is 1.04 bits per heavy atom. The molecule has 3 fully saturated rings. The summed E-state index contributed by atoms with van der Waals surface area (Å²) in [6.07, 6.45) is 9.71. The average molecular weight is 313 g/mol. The third-order valence-electron chi connectivity index (χ3n) is 6.79. The Bertz CT molecular complexity index is 510. The molecule has 1 aromatic carbocycles. The molecular weight excluding hydrogens is 280 g/mol. The molecule has 1 saturated carbocycles. The van der Waals surface area contributed by atoms with Crippen LogP contribution >= 0.6 is 0 Å². The maximum atomic E-state index is 4.07. The number of rotatable bonds is 4. The molecule has 2 saturated heterocycles. The molecule has 2 heteroatoms. The van der Waals surface area contributed by atoms with Crippen LogP contribution < -0.4 is 5.32 Å². The van der Waals surface area contributed by atoms with Crippen LogP contribution in [0.3, 0.4) is 0 Å². The number of piperidine rings is 1. The highest BCUT2D eigenvalue weighted by atomic mass is 15.2. The predicted molar refractivity (Wildman–Crippen MR) is 96.4 cm³/mol. The lowest BCUT2D eigenvalue weighted by Crippen LogP contribution is -2.52. The molecule has 4 rings (SSSR count). The molecule has 0 amide bonds. The number of fused-ring (bicyclic) bond motifs is 2. The second-order valence-electron chi connectivity index (χ2n) is 8.81. The molecule has 1 N–H and O–H groups in total. The van der Waals surface area contributed by atoms with Crippen LogP contribution in [0, 0.1) is 5.41 Å². The van der Waals surface area contributed by atoms with Crippen molar-refractivity contribution >= 4 is 0 Å². The van der Waals surface area contributed by atoms with E-state index in [0.717, 1.165) is 30.7 Å². The number of benzene rings is 1.